The molecule has 14 heavy (non-hydrogen) atoms. The molecule has 0 saturated carbocycles. The lowest BCUT2D eigenvalue weighted by atomic mass is 10.3. The van der Waals surface area contributed by atoms with Crippen LogP contribution in [0.1, 0.15) is 6.42 Å². The van der Waals surface area contributed by atoms with Gasteiger partial charge in [-0.15, -0.1) is 11.8 Å². The fourth-order valence-corrected chi connectivity index (χ4v) is 2.57. The van der Waals surface area contributed by atoms with Crippen molar-refractivity contribution in [2.24, 2.45) is 0 Å². The van der Waals surface area contributed by atoms with Gasteiger partial charge in [-0.25, -0.2) is 4.39 Å². The minimum atomic E-state index is -0.216. The van der Waals surface area contributed by atoms with Gasteiger partial charge in [-0.2, -0.15) is 11.8 Å². The van der Waals surface area contributed by atoms with Crippen molar-refractivity contribution < 1.29 is 4.39 Å². The zero-order chi connectivity index (χ0) is 10.4. The number of benzene rings is 1. The molecule has 0 unspecified atom stereocenters. The van der Waals surface area contributed by atoms with Gasteiger partial charge in [-0.05, 0) is 42.4 Å². The molecule has 0 spiro atoms. The molecule has 0 heterocycles. The van der Waals surface area contributed by atoms with E-state index in [1.807, 2.05) is 11.8 Å². The molecule has 1 aromatic rings. The van der Waals surface area contributed by atoms with Crippen molar-refractivity contribution in [1.29, 1.82) is 0 Å². The van der Waals surface area contributed by atoms with Crippen LogP contribution in [0.15, 0.2) is 23.1 Å². The van der Waals surface area contributed by atoms with E-state index >= 15 is 0 Å². The third-order valence-corrected chi connectivity index (χ3v) is 3.58. The van der Waals surface area contributed by atoms with E-state index in [-0.39, 0.29) is 5.82 Å². The van der Waals surface area contributed by atoms with Crippen LogP contribution in [-0.4, -0.2) is 17.8 Å². The molecule has 0 aliphatic carbocycles. The minimum Gasteiger partial charge on any atom is -0.398 e. The zero-order valence-electron chi connectivity index (χ0n) is 8.13. The molecule has 4 heteroatoms. The summed E-state index contributed by atoms with van der Waals surface area (Å²) in [6, 6.07) is 4.51. The highest BCUT2D eigenvalue weighted by Crippen LogP contribution is 2.26. The number of nitrogens with two attached hydrogens (primary N) is 1. The maximum Gasteiger partial charge on any atom is 0.124 e. The van der Waals surface area contributed by atoms with Gasteiger partial charge >= 0.3 is 0 Å². The molecule has 1 nitrogen and oxygen atoms in total. The van der Waals surface area contributed by atoms with Gasteiger partial charge in [-0.1, -0.05) is 0 Å². The summed E-state index contributed by atoms with van der Waals surface area (Å²) >= 11 is 3.45. The Morgan fingerprint density at radius 1 is 1.36 bits per heavy atom. The molecule has 0 bridgehead atoms. The second-order valence-corrected chi connectivity index (χ2v) is 5.00. The predicted octanol–water partition coefficient (Wildman–Crippen LogP) is 3.25. The molecule has 0 saturated heterocycles. The Bertz CT molecular complexity index is 291. The molecular weight excluding hydrogens is 217 g/mol. The van der Waals surface area contributed by atoms with E-state index < -0.39 is 0 Å². The van der Waals surface area contributed by atoms with Crippen LogP contribution in [0.5, 0.6) is 0 Å². The Hall–Kier alpha value is -0.350. The SMILES string of the molecule is CSCCCSc1cc(F)ccc1N. The van der Waals surface area contributed by atoms with Crippen LogP contribution >= 0.6 is 23.5 Å². The summed E-state index contributed by atoms with van der Waals surface area (Å²) < 4.78 is 12.8. The van der Waals surface area contributed by atoms with E-state index in [9.17, 15) is 4.39 Å². The summed E-state index contributed by atoms with van der Waals surface area (Å²) in [6.07, 6.45) is 3.21. The summed E-state index contributed by atoms with van der Waals surface area (Å²) in [5.41, 5.74) is 6.38. The molecular formula is C10H14FNS2. The van der Waals surface area contributed by atoms with E-state index in [1.54, 1.807) is 17.8 Å². The summed E-state index contributed by atoms with van der Waals surface area (Å²) in [5, 5.41) is 0. The molecule has 0 atom stereocenters. The topological polar surface area (TPSA) is 26.0 Å². The first-order valence-corrected chi connectivity index (χ1v) is 6.78. The Labute approximate surface area is 92.6 Å². The first kappa shape index (κ1) is 11.7. The molecule has 1 aromatic carbocycles. The lowest BCUT2D eigenvalue weighted by Gasteiger charge is -2.04. The van der Waals surface area contributed by atoms with Crippen LogP contribution in [0.25, 0.3) is 0 Å². The highest BCUT2D eigenvalue weighted by atomic mass is 32.2. The smallest absolute Gasteiger partial charge is 0.124 e. The first-order chi connectivity index (χ1) is 6.74. The maximum atomic E-state index is 12.8. The lowest BCUT2D eigenvalue weighted by Crippen LogP contribution is -1.91. The van der Waals surface area contributed by atoms with Crippen molar-refractivity contribution in [3.8, 4) is 0 Å². The third kappa shape index (κ3) is 3.80. The quantitative estimate of drug-likeness (QED) is 0.478. The Morgan fingerprint density at radius 3 is 2.86 bits per heavy atom. The van der Waals surface area contributed by atoms with E-state index in [0.717, 1.165) is 22.8 Å². The van der Waals surface area contributed by atoms with Crippen molar-refractivity contribution in [1.82, 2.24) is 0 Å². The average molecular weight is 231 g/mol. The fourth-order valence-electron chi connectivity index (χ4n) is 1.02. The maximum absolute atomic E-state index is 12.8. The van der Waals surface area contributed by atoms with E-state index in [1.165, 1.54) is 12.1 Å². The molecule has 2 N–H and O–H groups in total. The van der Waals surface area contributed by atoms with Crippen molar-refractivity contribution in [2.45, 2.75) is 11.3 Å². The Kier molecular flexibility index (Phi) is 5.19. The Balaban J connectivity index is 2.45. The molecule has 0 amide bonds. The summed E-state index contributed by atoms with van der Waals surface area (Å²) in [7, 11) is 0. The van der Waals surface area contributed by atoms with Gasteiger partial charge in [0.25, 0.3) is 0 Å². The van der Waals surface area contributed by atoms with Crippen LogP contribution < -0.4 is 5.73 Å². The Morgan fingerprint density at radius 2 is 2.14 bits per heavy atom. The van der Waals surface area contributed by atoms with Crippen molar-refractivity contribution in [3.63, 3.8) is 0 Å². The molecule has 0 aliphatic rings. The van der Waals surface area contributed by atoms with Crippen molar-refractivity contribution in [2.75, 3.05) is 23.5 Å². The molecule has 0 aliphatic heterocycles. The van der Waals surface area contributed by atoms with Crippen LogP contribution in [0.4, 0.5) is 10.1 Å². The lowest BCUT2D eigenvalue weighted by molar-refractivity contribution is 0.624. The van der Waals surface area contributed by atoms with Crippen molar-refractivity contribution in [3.05, 3.63) is 24.0 Å². The second kappa shape index (κ2) is 6.19. The van der Waals surface area contributed by atoms with Gasteiger partial charge in [0, 0.05) is 10.6 Å². The summed E-state index contributed by atoms with van der Waals surface area (Å²) in [4.78, 5) is 0.853. The predicted molar refractivity (Wildman–Crippen MR) is 64.5 cm³/mol. The first-order valence-electron chi connectivity index (χ1n) is 4.41. The van der Waals surface area contributed by atoms with Crippen LogP contribution in [-0.2, 0) is 0 Å². The minimum absolute atomic E-state index is 0.216. The average Bonchev–Trinajstić information content (AvgIpc) is 2.18. The van der Waals surface area contributed by atoms with E-state index in [4.69, 9.17) is 5.73 Å². The second-order valence-electron chi connectivity index (χ2n) is 2.88. The van der Waals surface area contributed by atoms with Crippen molar-refractivity contribution >= 4 is 29.2 Å². The third-order valence-electron chi connectivity index (χ3n) is 1.73. The fraction of sp³-hybridized carbons (Fsp3) is 0.400. The molecule has 0 radical (unpaired) electrons. The van der Waals surface area contributed by atoms with Gasteiger partial charge in [0.1, 0.15) is 5.82 Å². The van der Waals surface area contributed by atoms with E-state index in [2.05, 4.69) is 6.26 Å². The van der Waals surface area contributed by atoms with Crippen LogP contribution in [0.2, 0.25) is 0 Å². The van der Waals surface area contributed by atoms with Gasteiger partial charge in [0.05, 0.1) is 0 Å². The standard InChI is InChI=1S/C10H14FNS2/c1-13-5-2-6-14-10-7-8(11)3-4-9(10)12/h3-4,7H,2,5-6,12H2,1H3. The highest BCUT2D eigenvalue weighted by molar-refractivity contribution is 8.00. The summed E-state index contributed by atoms with van der Waals surface area (Å²) in [6.45, 7) is 0. The van der Waals surface area contributed by atoms with Crippen LogP contribution in [0, 0.1) is 5.82 Å². The number of hydrogen-bond donors (Lipinski definition) is 1. The highest BCUT2D eigenvalue weighted by Gasteiger charge is 2.01. The molecule has 1 rings (SSSR count). The number of thioether (sulfide) groups is 2. The van der Waals surface area contributed by atoms with E-state index in [0.29, 0.717) is 5.69 Å². The van der Waals surface area contributed by atoms with Crippen LogP contribution in [0.3, 0.4) is 0 Å². The van der Waals surface area contributed by atoms with Gasteiger partial charge < -0.3 is 5.73 Å². The number of anilines is 1. The molecule has 0 aromatic heterocycles. The van der Waals surface area contributed by atoms with Gasteiger partial charge in [-0.3, -0.25) is 0 Å². The normalized spacial score (nSPS) is 10.4. The largest absolute Gasteiger partial charge is 0.398 e. The molecule has 0 fully saturated rings. The van der Waals surface area contributed by atoms with Gasteiger partial charge in [0.2, 0.25) is 0 Å². The number of rotatable bonds is 5. The number of nitrogen functional groups attached to an aromatic ring is 1. The number of halogens is 1. The zero-order valence-corrected chi connectivity index (χ0v) is 9.76. The summed E-state index contributed by atoms with van der Waals surface area (Å²) in [5.74, 6) is 1.92. The monoisotopic (exact) mass is 231 g/mol. The molecule has 78 valence electrons. The number of hydrogen-bond acceptors (Lipinski definition) is 3. The van der Waals surface area contributed by atoms with Gasteiger partial charge in [0.15, 0.2) is 0 Å².